The van der Waals surface area contributed by atoms with Gasteiger partial charge in [-0.25, -0.2) is 0 Å². The maximum Gasteiger partial charge on any atom is 0.308 e. The average molecular weight is 233 g/mol. The third kappa shape index (κ3) is 2.78. The Morgan fingerprint density at radius 1 is 1.41 bits per heavy atom. The molecule has 0 fully saturated rings. The summed E-state index contributed by atoms with van der Waals surface area (Å²) in [6.45, 7) is 2.41. The molecule has 92 valence electrons. The first-order valence-corrected chi connectivity index (χ1v) is 6.29. The Bertz CT molecular complexity index is 415. The van der Waals surface area contributed by atoms with Crippen LogP contribution < -0.4 is 5.32 Å². The third-order valence-corrected chi connectivity index (χ3v) is 3.49. The summed E-state index contributed by atoms with van der Waals surface area (Å²) in [4.78, 5) is 10.9. The van der Waals surface area contributed by atoms with Gasteiger partial charge in [-0.3, -0.25) is 4.79 Å². The molecule has 1 aromatic rings. The fourth-order valence-electron chi connectivity index (χ4n) is 2.33. The van der Waals surface area contributed by atoms with Crippen LogP contribution in [0.15, 0.2) is 18.2 Å². The van der Waals surface area contributed by atoms with E-state index in [0.29, 0.717) is 13.0 Å². The highest BCUT2D eigenvalue weighted by Gasteiger charge is 2.15. The maximum absolute atomic E-state index is 10.9. The molecule has 1 aliphatic carbocycles. The third-order valence-electron chi connectivity index (χ3n) is 3.49. The molecule has 0 amide bonds. The molecular formula is C14H19NO2. The van der Waals surface area contributed by atoms with Crippen molar-refractivity contribution >= 4 is 11.7 Å². The highest BCUT2D eigenvalue weighted by atomic mass is 16.4. The van der Waals surface area contributed by atoms with E-state index in [-0.39, 0.29) is 5.92 Å². The molecule has 0 radical (unpaired) electrons. The van der Waals surface area contributed by atoms with Crippen LogP contribution in [0.25, 0.3) is 0 Å². The predicted molar refractivity (Wildman–Crippen MR) is 68.4 cm³/mol. The minimum atomic E-state index is -0.721. The van der Waals surface area contributed by atoms with Crippen molar-refractivity contribution in [1.82, 2.24) is 0 Å². The molecule has 0 saturated heterocycles. The SMILES string of the molecule is CCC(CNc1ccc2c(c1)CCC2)C(=O)O. The van der Waals surface area contributed by atoms with Crippen LogP contribution in [0, 0.1) is 5.92 Å². The molecule has 1 unspecified atom stereocenters. The Morgan fingerprint density at radius 2 is 2.18 bits per heavy atom. The van der Waals surface area contributed by atoms with Crippen LogP contribution in [-0.4, -0.2) is 17.6 Å². The number of aryl methyl sites for hydroxylation is 2. The Kier molecular flexibility index (Phi) is 3.67. The Hall–Kier alpha value is -1.51. The molecule has 17 heavy (non-hydrogen) atoms. The van der Waals surface area contributed by atoms with Crippen LogP contribution in [0.4, 0.5) is 5.69 Å². The summed E-state index contributed by atoms with van der Waals surface area (Å²) in [7, 11) is 0. The molecule has 3 heteroatoms. The number of fused-ring (bicyclic) bond motifs is 1. The van der Waals surface area contributed by atoms with E-state index in [2.05, 4.69) is 23.5 Å². The fraction of sp³-hybridized carbons (Fsp3) is 0.500. The van der Waals surface area contributed by atoms with Crippen LogP contribution in [0.2, 0.25) is 0 Å². The highest BCUT2D eigenvalue weighted by Crippen LogP contribution is 2.25. The van der Waals surface area contributed by atoms with Crippen molar-refractivity contribution in [3.8, 4) is 0 Å². The largest absolute Gasteiger partial charge is 0.481 e. The van der Waals surface area contributed by atoms with Crippen LogP contribution >= 0.6 is 0 Å². The lowest BCUT2D eigenvalue weighted by atomic mass is 10.1. The van der Waals surface area contributed by atoms with Gasteiger partial charge in [-0.15, -0.1) is 0 Å². The number of anilines is 1. The molecule has 0 aliphatic heterocycles. The summed E-state index contributed by atoms with van der Waals surface area (Å²) in [5.74, 6) is -1.02. The van der Waals surface area contributed by atoms with Crippen molar-refractivity contribution in [3.63, 3.8) is 0 Å². The maximum atomic E-state index is 10.9. The second kappa shape index (κ2) is 5.21. The minimum absolute atomic E-state index is 0.303. The minimum Gasteiger partial charge on any atom is -0.481 e. The van der Waals surface area contributed by atoms with Gasteiger partial charge in [-0.2, -0.15) is 0 Å². The van der Waals surface area contributed by atoms with Gasteiger partial charge in [0.2, 0.25) is 0 Å². The average Bonchev–Trinajstić information content (AvgIpc) is 2.76. The van der Waals surface area contributed by atoms with Crippen LogP contribution in [-0.2, 0) is 17.6 Å². The Balaban J connectivity index is 1.97. The van der Waals surface area contributed by atoms with Crippen LogP contribution in [0.3, 0.4) is 0 Å². The van der Waals surface area contributed by atoms with Crippen molar-refractivity contribution in [3.05, 3.63) is 29.3 Å². The van der Waals surface area contributed by atoms with Gasteiger partial charge in [-0.1, -0.05) is 13.0 Å². The fourth-order valence-corrected chi connectivity index (χ4v) is 2.33. The van der Waals surface area contributed by atoms with Gasteiger partial charge in [0.25, 0.3) is 0 Å². The first kappa shape index (κ1) is 12.0. The molecule has 1 atom stereocenters. The predicted octanol–water partition coefficient (Wildman–Crippen LogP) is 2.70. The molecule has 0 bridgehead atoms. The second-order valence-corrected chi connectivity index (χ2v) is 4.66. The number of benzene rings is 1. The number of nitrogens with one attached hydrogen (secondary N) is 1. The first-order chi connectivity index (χ1) is 8.20. The molecule has 0 spiro atoms. The van der Waals surface area contributed by atoms with E-state index >= 15 is 0 Å². The normalized spacial score (nSPS) is 15.4. The van der Waals surface area contributed by atoms with Crippen molar-refractivity contribution in [2.24, 2.45) is 5.92 Å². The van der Waals surface area contributed by atoms with Gasteiger partial charge in [0.15, 0.2) is 0 Å². The lowest BCUT2D eigenvalue weighted by molar-refractivity contribution is -0.141. The topological polar surface area (TPSA) is 49.3 Å². The lowest BCUT2D eigenvalue weighted by Gasteiger charge is -2.13. The standard InChI is InChI=1S/C14H19NO2/c1-2-10(14(16)17)9-15-13-7-6-11-4-3-5-12(11)8-13/h6-8,10,15H,2-5,9H2,1H3,(H,16,17). The molecule has 1 aromatic carbocycles. The quantitative estimate of drug-likeness (QED) is 0.822. The summed E-state index contributed by atoms with van der Waals surface area (Å²) < 4.78 is 0. The van der Waals surface area contributed by atoms with E-state index in [4.69, 9.17) is 5.11 Å². The summed E-state index contributed by atoms with van der Waals surface area (Å²) in [6, 6.07) is 6.38. The summed E-state index contributed by atoms with van der Waals surface area (Å²) in [5, 5.41) is 12.2. The number of aliphatic carboxylic acids is 1. The summed E-state index contributed by atoms with van der Waals surface area (Å²) >= 11 is 0. The van der Waals surface area contributed by atoms with Crippen LogP contribution in [0.1, 0.15) is 30.9 Å². The number of hydrogen-bond acceptors (Lipinski definition) is 2. The number of rotatable bonds is 5. The monoisotopic (exact) mass is 233 g/mol. The number of hydrogen-bond donors (Lipinski definition) is 2. The smallest absolute Gasteiger partial charge is 0.308 e. The number of carboxylic acids is 1. The van der Waals surface area contributed by atoms with Crippen molar-refractivity contribution < 1.29 is 9.90 Å². The summed E-state index contributed by atoms with van der Waals surface area (Å²) in [6.07, 6.45) is 4.24. The van der Waals surface area contributed by atoms with E-state index in [1.54, 1.807) is 0 Å². The zero-order valence-electron chi connectivity index (χ0n) is 10.2. The number of carboxylic acid groups (broad SMARTS) is 1. The zero-order chi connectivity index (χ0) is 12.3. The number of carbonyl (C=O) groups is 1. The van der Waals surface area contributed by atoms with Gasteiger partial charge in [-0.05, 0) is 48.9 Å². The van der Waals surface area contributed by atoms with Gasteiger partial charge < -0.3 is 10.4 Å². The molecule has 1 aliphatic rings. The van der Waals surface area contributed by atoms with Crippen molar-refractivity contribution in [2.45, 2.75) is 32.6 Å². The molecule has 2 rings (SSSR count). The molecule has 2 N–H and O–H groups in total. The van der Waals surface area contributed by atoms with E-state index in [1.807, 2.05) is 6.92 Å². The lowest BCUT2D eigenvalue weighted by Crippen LogP contribution is -2.22. The molecule has 3 nitrogen and oxygen atoms in total. The first-order valence-electron chi connectivity index (χ1n) is 6.29. The highest BCUT2D eigenvalue weighted by molar-refractivity contribution is 5.70. The van der Waals surface area contributed by atoms with Crippen molar-refractivity contribution in [1.29, 1.82) is 0 Å². The van der Waals surface area contributed by atoms with Gasteiger partial charge >= 0.3 is 5.97 Å². The van der Waals surface area contributed by atoms with Crippen LogP contribution in [0.5, 0.6) is 0 Å². The summed E-state index contributed by atoms with van der Waals surface area (Å²) in [5.41, 5.74) is 3.91. The molecule has 0 aromatic heterocycles. The van der Waals surface area contributed by atoms with Crippen molar-refractivity contribution in [2.75, 3.05) is 11.9 Å². The van der Waals surface area contributed by atoms with Gasteiger partial charge in [0.1, 0.15) is 0 Å². The Labute approximate surface area is 102 Å². The molecular weight excluding hydrogens is 214 g/mol. The molecule has 0 saturated carbocycles. The zero-order valence-corrected chi connectivity index (χ0v) is 10.2. The van der Waals surface area contributed by atoms with E-state index in [9.17, 15) is 4.79 Å². The van der Waals surface area contributed by atoms with Gasteiger partial charge in [0, 0.05) is 12.2 Å². The second-order valence-electron chi connectivity index (χ2n) is 4.66. The Morgan fingerprint density at radius 3 is 2.88 bits per heavy atom. The van der Waals surface area contributed by atoms with E-state index in [1.165, 1.54) is 24.0 Å². The molecule has 0 heterocycles. The van der Waals surface area contributed by atoms with E-state index < -0.39 is 5.97 Å². The van der Waals surface area contributed by atoms with Gasteiger partial charge in [0.05, 0.1) is 5.92 Å². The van der Waals surface area contributed by atoms with E-state index in [0.717, 1.165) is 12.1 Å².